The molecule has 4 N–H and O–H groups in total. The van der Waals surface area contributed by atoms with Gasteiger partial charge in [-0.25, -0.2) is 9.48 Å². The van der Waals surface area contributed by atoms with E-state index in [9.17, 15) is 14.4 Å². The second-order valence-electron chi connectivity index (χ2n) is 8.30. The number of aromatic amines is 1. The van der Waals surface area contributed by atoms with E-state index >= 15 is 0 Å². The first-order valence-electron chi connectivity index (χ1n) is 11.8. The van der Waals surface area contributed by atoms with E-state index in [0.717, 1.165) is 17.7 Å². The Balaban J connectivity index is 1.58. The molecule has 186 valence electrons. The molecule has 0 saturated carbocycles. The number of aromatic nitrogens is 4. The summed E-state index contributed by atoms with van der Waals surface area (Å²) in [6.45, 7) is 2.33. The maximum atomic E-state index is 13.3. The summed E-state index contributed by atoms with van der Waals surface area (Å²) in [5.41, 5.74) is 6.71. The average molecular weight is 488 g/mol. The topological polar surface area (TPSA) is 131 Å². The number of nitrogens with zero attached hydrogens (tertiary/aromatic N) is 4. The van der Waals surface area contributed by atoms with Crippen molar-refractivity contribution >= 4 is 23.2 Å². The molecule has 0 bridgehead atoms. The summed E-state index contributed by atoms with van der Waals surface area (Å²) >= 11 is 0. The van der Waals surface area contributed by atoms with Crippen molar-refractivity contribution in [2.24, 2.45) is 0 Å². The number of carbonyl (C=O) groups excluding carboxylic acids is 1. The zero-order valence-electron chi connectivity index (χ0n) is 20.1. The lowest BCUT2D eigenvalue weighted by atomic mass is 10.2. The number of anilines is 3. The Morgan fingerprint density at radius 1 is 1.06 bits per heavy atom. The number of amides is 1. The predicted octanol–water partition coefficient (Wildman–Crippen LogP) is 2.60. The molecule has 2 heterocycles. The summed E-state index contributed by atoms with van der Waals surface area (Å²) in [5, 5.41) is 7.47. The molecule has 0 fully saturated rings. The van der Waals surface area contributed by atoms with Crippen LogP contribution in [0.1, 0.15) is 25.3 Å². The third-order valence-corrected chi connectivity index (χ3v) is 5.73. The minimum absolute atomic E-state index is 0.0272. The zero-order valence-corrected chi connectivity index (χ0v) is 20.1. The van der Waals surface area contributed by atoms with Gasteiger partial charge in [-0.05, 0) is 24.1 Å². The SMILES string of the molecule is CCCCN(C(=O)CNc1ccn(-c2ccccc2)n1)c1c(N)n(Cc2ccccc2)c(=O)[nH]c1=O. The standard InChI is InChI=1S/C26H29N7O3/c1-2-3-15-31(22(34)17-28-21-14-16-33(30-21)20-12-8-5-9-13-20)23-24(27)32(26(36)29-25(23)35)18-19-10-6-4-7-11-19/h4-14,16H,2-3,15,17-18,27H2,1H3,(H,28,30)(H,29,35,36). The fourth-order valence-corrected chi connectivity index (χ4v) is 3.84. The van der Waals surface area contributed by atoms with E-state index in [-0.39, 0.29) is 37.0 Å². The Morgan fingerprint density at radius 3 is 2.44 bits per heavy atom. The number of hydrogen-bond donors (Lipinski definition) is 3. The van der Waals surface area contributed by atoms with Crippen LogP contribution in [0, 0.1) is 0 Å². The second-order valence-corrected chi connectivity index (χ2v) is 8.30. The summed E-state index contributed by atoms with van der Waals surface area (Å²) in [6.07, 6.45) is 3.25. The molecule has 10 nitrogen and oxygen atoms in total. The third kappa shape index (κ3) is 5.54. The molecular weight excluding hydrogens is 458 g/mol. The van der Waals surface area contributed by atoms with Crippen LogP contribution in [0.15, 0.2) is 82.5 Å². The van der Waals surface area contributed by atoms with Crippen LogP contribution in [-0.4, -0.2) is 38.3 Å². The van der Waals surface area contributed by atoms with Crippen molar-refractivity contribution in [2.75, 3.05) is 29.0 Å². The highest BCUT2D eigenvalue weighted by Crippen LogP contribution is 2.19. The molecule has 2 aromatic heterocycles. The largest absolute Gasteiger partial charge is 0.383 e. The van der Waals surface area contributed by atoms with Crippen LogP contribution in [0.5, 0.6) is 0 Å². The molecule has 0 atom stereocenters. The summed E-state index contributed by atoms with van der Waals surface area (Å²) in [6, 6.07) is 20.7. The fraction of sp³-hybridized carbons (Fsp3) is 0.231. The summed E-state index contributed by atoms with van der Waals surface area (Å²) < 4.78 is 2.97. The van der Waals surface area contributed by atoms with Crippen LogP contribution in [0.25, 0.3) is 5.69 Å². The van der Waals surface area contributed by atoms with Crippen molar-refractivity contribution in [1.29, 1.82) is 0 Å². The van der Waals surface area contributed by atoms with Gasteiger partial charge in [0.15, 0.2) is 5.69 Å². The van der Waals surface area contributed by atoms with Gasteiger partial charge < -0.3 is 16.0 Å². The lowest BCUT2D eigenvalue weighted by molar-refractivity contribution is -0.117. The minimum atomic E-state index is -0.695. The molecule has 0 aliphatic rings. The molecule has 4 aromatic rings. The zero-order chi connectivity index (χ0) is 25.5. The molecule has 1 amide bonds. The number of H-pyrrole nitrogens is 1. The number of hydrogen-bond acceptors (Lipinski definition) is 6. The van der Waals surface area contributed by atoms with Crippen molar-refractivity contribution in [2.45, 2.75) is 26.3 Å². The van der Waals surface area contributed by atoms with Crippen LogP contribution >= 0.6 is 0 Å². The Morgan fingerprint density at radius 2 is 1.75 bits per heavy atom. The smallest absolute Gasteiger partial charge is 0.330 e. The van der Waals surface area contributed by atoms with E-state index in [1.165, 1.54) is 9.47 Å². The van der Waals surface area contributed by atoms with Crippen LogP contribution in [0.2, 0.25) is 0 Å². The van der Waals surface area contributed by atoms with E-state index in [2.05, 4.69) is 15.4 Å². The molecule has 0 aliphatic carbocycles. The van der Waals surface area contributed by atoms with Gasteiger partial charge in [-0.1, -0.05) is 61.9 Å². The van der Waals surface area contributed by atoms with Crippen LogP contribution < -0.4 is 27.2 Å². The van der Waals surface area contributed by atoms with Gasteiger partial charge in [-0.3, -0.25) is 19.1 Å². The van der Waals surface area contributed by atoms with E-state index < -0.39 is 11.2 Å². The van der Waals surface area contributed by atoms with Gasteiger partial charge in [0.2, 0.25) is 5.91 Å². The molecule has 0 unspecified atom stereocenters. The van der Waals surface area contributed by atoms with Gasteiger partial charge in [-0.2, -0.15) is 5.10 Å². The van der Waals surface area contributed by atoms with E-state index in [4.69, 9.17) is 5.73 Å². The number of rotatable bonds is 10. The molecule has 10 heteroatoms. The van der Waals surface area contributed by atoms with Crippen molar-refractivity contribution in [3.8, 4) is 5.69 Å². The first-order chi connectivity index (χ1) is 17.5. The first-order valence-corrected chi connectivity index (χ1v) is 11.8. The molecular formula is C26H29N7O3. The van der Waals surface area contributed by atoms with Crippen molar-refractivity contribution < 1.29 is 4.79 Å². The molecule has 4 rings (SSSR count). The quantitative estimate of drug-likeness (QED) is 0.315. The minimum Gasteiger partial charge on any atom is -0.383 e. The molecule has 2 aromatic carbocycles. The van der Waals surface area contributed by atoms with Gasteiger partial charge in [0, 0.05) is 18.8 Å². The lowest BCUT2D eigenvalue weighted by Crippen LogP contribution is -2.43. The highest BCUT2D eigenvalue weighted by molar-refractivity contribution is 5.98. The van der Waals surface area contributed by atoms with Gasteiger partial charge in [-0.15, -0.1) is 0 Å². The average Bonchev–Trinajstić information content (AvgIpc) is 3.37. The van der Waals surface area contributed by atoms with E-state index in [1.807, 2.05) is 67.6 Å². The summed E-state index contributed by atoms with van der Waals surface area (Å²) in [4.78, 5) is 42.3. The number of para-hydroxylation sites is 1. The predicted molar refractivity (Wildman–Crippen MR) is 141 cm³/mol. The number of unbranched alkanes of at least 4 members (excludes halogenated alkanes) is 1. The first kappa shape index (κ1) is 24.5. The summed E-state index contributed by atoms with van der Waals surface area (Å²) in [5.74, 6) is 0.101. The number of carbonyl (C=O) groups is 1. The van der Waals surface area contributed by atoms with Crippen molar-refractivity contribution in [3.05, 3.63) is 99.3 Å². The van der Waals surface area contributed by atoms with Crippen molar-refractivity contribution in [1.82, 2.24) is 19.3 Å². The van der Waals surface area contributed by atoms with Gasteiger partial charge in [0.1, 0.15) is 11.6 Å². The highest BCUT2D eigenvalue weighted by Gasteiger charge is 2.24. The van der Waals surface area contributed by atoms with Crippen LogP contribution in [0.3, 0.4) is 0 Å². The monoisotopic (exact) mass is 487 g/mol. The number of nitrogens with one attached hydrogen (secondary N) is 2. The molecule has 0 spiro atoms. The van der Waals surface area contributed by atoms with Crippen LogP contribution in [-0.2, 0) is 11.3 Å². The molecule has 0 saturated heterocycles. The van der Waals surface area contributed by atoms with E-state index in [0.29, 0.717) is 12.2 Å². The Bertz CT molecular complexity index is 1430. The van der Waals surface area contributed by atoms with Gasteiger partial charge in [0.25, 0.3) is 5.56 Å². The van der Waals surface area contributed by atoms with Crippen LogP contribution in [0.4, 0.5) is 17.3 Å². The Kier molecular flexibility index (Phi) is 7.64. The number of nitrogen functional groups attached to an aromatic ring is 1. The number of benzene rings is 2. The second kappa shape index (κ2) is 11.2. The Labute approximate surface area is 208 Å². The maximum absolute atomic E-state index is 13.3. The Hall–Kier alpha value is -4.60. The third-order valence-electron chi connectivity index (χ3n) is 5.73. The fourth-order valence-electron chi connectivity index (χ4n) is 3.84. The number of nitrogens with two attached hydrogens (primary N) is 1. The molecule has 0 aliphatic heterocycles. The van der Waals surface area contributed by atoms with E-state index in [1.54, 1.807) is 16.9 Å². The van der Waals surface area contributed by atoms with Gasteiger partial charge >= 0.3 is 5.69 Å². The normalized spacial score (nSPS) is 10.8. The lowest BCUT2D eigenvalue weighted by Gasteiger charge is -2.24. The maximum Gasteiger partial charge on any atom is 0.330 e. The van der Waals surface area contributed by atoms with Crippen molar-refractivity contribution in [3.63, 3.8) is 0 Å². The highest BCUT2D eigenvalue weighted by atomic mass is 16.2. The molecule has 36 heavy (non-hydrogen) atoms. The van der Waals surface area contributed by atoms with Gasteiger partial charge in [0.05, 0.1) is 18.8 Å². The summed E-state index contributed by atoms with van der Waals surface area (Å²) in [7, 11) is 0. The molecule has 0 radical (unpaired) electrons.